The molecular weight excluding hydrogens is 439 g/mol. The predicted octanol–water partition coefficient (Wildman–Crippen LogP) is 6.94. The lowest BCUT2D eigenvalue weighted by Gasteiger charge is -2.37. The number of nitrogens with zero attached hydrogens (tertiary/aromatic N) is 2. The van der Waals surface area contributed by atoms with E-state index in [1.165, 1.54) is 11.1 Å². The first kappa shape index (κ1) is 23.0. The number of ether oxygens (including phenoxy) is 1. The van der Waals surface area contributed by atoms with Crippen LogP contribution in [0.3, 0.4) is 0 Å². The maximum absolute atomic E-state index is 6.50. The molecule has 1 aliphatic heterocycles. The van der Waals surface area contributed by atoms with Gasteiger partial charge in [0.2, 0.25) is 0 Å². The summed E-state index contributed by atoms with van der Waals surface area (Å²) in [6.07, 6.45) is 0.860. The number of hydrogen-bond acceptors (Lipinski definition) is 3. The van der Waals surface area contributed by atoms with Gasteiger partial charge in [-0.1, -0.05) is 65.7 Å². The maximum atomic E-state index is 6.50. The van der Waals surface area contributed by atoms with Crippen LogP contribution in [0.2, 0.25) is 10.0 Å². The fourth-order valence-corrected chi connectivity index (χ4v) is 4.72. The average molecular weight is 469 g/mol. The second-order valence-electron chi connectivity index (χ2n) is 8.47. The number of piperazine rings is 1. The minimum Gasteiger partial charge on any atom is -0.484 e. The third-order valence-electron chi connectivity index (χ3n) is 6.16. The molecular formula is C27H30Cl2N2O. The van der Waals surface area contributed by atoms with Crippen molar-refractivity contribution < 1.29 is 4.74 Å². The van der Waals surface area contributed by atoms with Crippen LogP contribution in [-0.2, 0) is 0 Å². The SMILES string of the molecule is Cc1ccc(Cl)c(O[C@H](CCN2CCN(c3ccccc3Cl)CC2)c2ccccc2C)c1. The van der Waals surface area contributed by atoms with E-state index in [1.807, 2.05) is 36.4 Å². The van der Waals surface area contributed by atoms with E-state index >= 15 is 0 Å². The van der Waals surface area contributed by atoms with Crippen LogP contribution in [0.5, 0.6) is 5.75 Å². The Morgan fingerprint density at radius 1 is 0.844 bits per heavy atom. The Morgan fingerprint density at radius 2 is 1.56 bits per heavy atom. The van der Waals surface area contributed by atoms with Gasteiger partial charge >= 0.3 is 0 Å². The number of benzene rings is 3. The van der Waals surface area contributed by atoms with Gasteiger partial charge in [0.25, 0.3) is 0 Å². The summed E-state index contributed by atoms with van der Waals surface area (Å²) < 4.78 is 6.50. The van der Waals surface area contributed by atoms with Crippen molar-refractivity contribution in [3.05, 3.63) is 93.5 Å². The lowest BCUT2D eigenvalue weighted by molar-refractivity contribution is 0.159. The van der Waals surface area contributed by atoms with E-state index in [0.29, 0.717) is 5.02 Å². The van der Waals surface area contributed by atoms with Crippen molar-refractivity contribution in [2.45, 2.75) is 26.4 Å². The van der Waals surface area contributed by atoms with Crippen LogP contribution in [0, 0.1) is 13.8 Å². The minimum absolute atomic E-state index is 0.0444. The first-order valence-electron chi connectivity index (χ1n) is 11.2. The highest BCUT2D eigenvalue weighted by Gasteiger charge is 2.22. The highest BCUT2D eigenvalue weighted by molar-refractivity contribution is 6.33. The zero-order valence-electron chi connectivity index (χ0n) is 18.7. The molecule has 168 valence electrons. The fourth-order valence-electron chi connectivity index (χ4n) is 4.30. The topological polar surface area (TPSA) is 15.7 Å². The predicted molar refractivity (Wildman–Crippen MR) is 135 cm³/mol. The van der Waals surface area contributed by atoms with Gasteiger partial charge in [0, 0.05) is 39.1 Å². The van der Waals surface area contributed by atoms with Crippen LogP contribution in [0.15, 0.2) is 66.7 Å². The highest BCUT2D eigenvalue weighted by Crippen LogP contribution is 2.33. The van der Waals surface area contributed by atoms with Crippen molar-refractivity contribution in [2.24, 2.45) is 0 Å². The molecule has 0 aliphatic carbocycles. The molecule has 3 nitrogen and oxygen atoms in total. The Morgan fingerprint density at radius 3 is 2.31 bits per heavy atom. The van der Waals surface area contributed by atoms with Crippen molar-refractivity contribution in [3.63, 3.8) is 0 Å². The zero-order valence-corrected chi connectivity index (χ0v) is 20.2. The molecule has 32 heavy (non-hydrogen) atoms. The van der Waals surface area contributed by atoms with Gasteiger partial charge < -0.3 is 9.64 Å². The van der Waals surface area contributed by atoms with Crippen molar-refractivity contribution >= 4 is 28.9 Å². The van der Waals surface area contributed by atoms with Crippen LogP contribution in [0.1, 0.15) is 29.2 Å². The molecule has 0 spiro atoms. The molecule has 0 saturated carbocycles. The van der Waals surface area contributed by atoms with E-state index < -0.39 is 0 Å². The third-order valence-corrected chi connectivity index (χ3v) is 6.80. The van der Waals surface area contributed by atoms with E-state index in [0.717, 1.165) is 61.2 Å². The van der Waals surface area contributed by atoms with Gasteiger partial charge in [0.05, 0.1) is 15.7 Å². The summed E-state index contributed by atoms with van der Waals surface area (Å²) in [6, 6.07) is 22.5. The van der Waals surface area contributed by atoms with Crippen molar-refractivity contribution in [1.82, 2.24) is 4.90 Å². The van der Waals surface area contributed by atoms with Gasteiger partial charge in [-0.2, -0.15) is 0 Å². The molecule has 1 aliphatic rings. The summed E-state index contributed by atoms with van der Waals surface area (Å²) in [6.45, 7) is 9.15. The number of rotatable bonds is 7. The molecule has 3 aromatic rings. The molecule has 0 amide bonds. The Hall–Kier alpha value is -2.20. The Kier molecular flexibility index (Phi) is 7.62. The second-order valence-corrected chi connectivity index (χ2v) is 9.28. The molecule has 1 fully saturated rings. The molecule has 3 aromatic carbocycles. The average Bonchev–Trinajstić information content (AvgIpc) is 2.80. The molecule has 0 aromatic heterocycles. The Bertz CT molecular complexity index is 1050. The summed E-state index contributed by atoms with van der Waals surface area (Å²) in [5, 5.41) is 1.48. The maximum Gasteiger partial charge on any atom is 0.139 e. The standard InChI is InChI=1S/C27H30Cl2N2O/c1-20-11-12-24(29)27(19-20)32-26(22-8-4-3-7-21(22)2)13-14-30-15-17-31(18-16-30)25-10-6-5-9-23(25)28/h3-12,19,26H,13-18H2,1-2H3/t26-/m1/s1. The van der Waals surface area contributed by atoms with Crippen LogP contribution >= 0.6 is 23.2 Å². The lowest BCUT2D eigenvalue weighted by atomic mass is 10.0. The molecule has 0 bridgehead atoms. The number of halogens is 2. The number of hydrogen-bond donors (Lipinski definition) is 0. The normalized spacial score (nSPS) is 15.6. The summed E-state index contributed by atoms with van der Waals surface area (Å²) in [7, 11) is 0. The lowest BCUT2D eigenvalue weighted by Crippen LogP contribution is -2.47. The van der Waals surface area contributed by atoms with E-state index in [9.17, 15) is 0 Å². The van der Waals surface area contributed by atoms with E-state index in [-0.39, 0.29) is 6.10 Å². The smallest absolute Gasteiger partial charge is 0.139 e. The Balaban J connectivity index is 1.42. The summed E-state index contributed by atoms with van der Waals surface area (Å²) in [5.41, 5.74) is 4.73. The van der Waals surface area contributed by atoms with Gasteiger partial charge in [-0.3, -0.25) is 4.90 Å². The van der Waals surface area contributed by atoms with Gasteiger partial charge in [-0.15, -0.1) is 0 Å². The first-order valence-corrected chi connectivity index (χ1v) is 12.0. The quantitative estimate of drug-likeness (QED) is 0.373. The largest absolute Gasteiger partial charge is 0.484 e. The minimum atomic E-state index is -0.0444. The summed E-state index contributed by atoms with van der Waals surface area (Å²) in [5.74, 6) is 0.753. The van der Waals surface area contributed by atoms with Crippen LogP contribution in [0.25, 0.3) is 0 Å². The van der Waals surface area contributed by atoms with E-state index in [1.54, 1.807) is 0 Å². The summed E-state index contributed by atoms with van der Waals surface area (Å²) >= 11 is 12.8. The van der Waals surface area contributed by atoms with Gasteiger partial charge in [-0.25, -0.2) is 0 Å². The molecule has 1 atom stereocenters. The number of anilines is 1. The monoisotopic (exact) mass is 468 g/mol. The molecule has 1 heterocycles. The molecule has 0 radical (unpaired) electrons. The van der Waals surface area contributed by atoms with Gasteiger partial charge in [-0.05, 0) is 54.8 Å². The fraction of sp³-hybridized carbons (Fsp3) is 0.333. The van der Waals surface area contributed by atoms with Crippen molar-refractivity contribution in [3.8, 4) is 5.75 Å². The molecule has 0 unspecified atom stereocenters. The molecule has 4 rings (SSSR count). The number of para-hydroxylation sites is 1. The first-order chi connectivity index (χ1) is 15.5. The van der Waals surface area contributed by atoms with E-state index in [2.05, 4.69) is 54.0 Å². The van der Waals surface area contributed by atoms with E-state index in [4.69, 9.17) is 27.9 Å². The molecule has 0 N–H and O–H groups in total. The zero-order chi connectivity index (χ0) is 22.5. The molecule has 5 heteroatoms. The van der Waals surface area contributed by atoms with Crippen molar-refractivity contribution in [2.75, 3.05) is 37.6 Å². The van der Waals surface area contributed by atoms with Crippen LogP contribution in [0.4, 0.5) is 5.69 Å². The van der Waals surface area contributed by atoms with Gasteiger partial charge in [0.15, 0.2) is 0 Å². The highest BCUT2D eigenvalue weighted by atomic mass is 35.5. The third kappa shape index (κ3) is 5.58. The van der Waals surface area contributed by atoms with Gasteiger partial charge in [0.1, 0.15) is 11.9 Å². The number of aryl methyl sites for hydroxylation is 2. The molecule has 1 saturated heterocycles. The van der Waals surface area contributed by atoms with Crippen LogP contribution < -0.4 is 9.64 Å². The van der Waals surface area contributed by atoms with Crippen LogP contribution in [-0.4, -0.2) is 37.6 Å². The second kappa shape index (κ2) is 10.6. The van der Waals surface area contributed by atoms with Crippen molar-refractivity contribution in [1.29, 1.82) is 0 Å². The summed E-state index contributed by atoms with van der Waals surface area (Å²) in [4.78, 5) is 4.89. The Labute approximate surface area is 201 Å².